The lowest BCUT2D eigenvalue weighted by atomic mass is 10.1. The van der Waals surface area contributed by atoms with Crippen LogP contribution in [0.4, 0.5) is 0 Å². The molecule has 0 saturated carbocycles. The number of hydrogen-bond acceptors (Lipinski definition) is 2. The number of rotatable bonds is 3. The maximum absolute atomic E-state index is 12.4. The van der Waals surface area contributed by atoms with Gasteiger partial charge in [-0.25, -0.2) is 4.98 Å². The van der Waals surface area contributed by atoms with Crippen molar-refractivity contribution in [2.75, 3.05) is 0 Å². The Morgan fingerprint density at radius 3 is 3.00 bits per heavy atom. The van der Waals surface area contributed by atoms with Gasteiger partial charge in [-0.2, -0.15) is 0 Å². The number of imidazole rings is 1. The second-order valence-corrected chi connectivity index (χ2v) is 7.07. The second-order valence-electron chi connectivity index (χ2n) is 6.15. The Labute approximate surface area is 149 Å². The summed E-state index contributed by atoms with van der Waals surface area (Å²) in [4.78, 5) is 17.1. The van der Waals surface area contributed by atoms with Gasteiger partial charge in [-0.05, 0) is 48.7 Å². The zero-order valence-corrected chi connectivity index (χ0v) is 14.8. The summed E-state index contributed by atoms with van der Waals surface area (Å²) >= 11 is 3.45. The van der Waals surface area contributed by atoms with Crippen molar-refractivity contribution >= 4 is 32.9 Å². The smallest absolute Gasteiger partial charge is 0.251 e. The van der Waals surface area contributed by atoms with Gasteiger partial charge >= 0.3 is 0 Å². The maximum Gasteiger partial charge on any atom is 0.251 e. The molecule has 5 heteroatoms. The van der Waals surface area contributed by atoms with E-state index < -0.39 is 0 Å². The first-order chi connectivity index (χ1) is 11.7. The molecular weight excluding hydrogens is 366 g/mol. The molecule has 0 spiro atoms. The number of halogens is 1. The molecular formula is C19H18BrN3O. The van der Waals surface area contributed by atoms with Gasteiger partial charge in [-0.3, -0.25) is 4.79 Å². The molecule has 1 N–H and O–H groups in total. The summed E-state index contributed by atoms with van der Waals surface area (Å²) in [5.74, 6) is 1.07. The number of carbonyl (C=O) groups excluding carboxylic acids is 1. The number of benzene rings is 2. The average Bonchev–Trinajstić information content (AvgIpc) is 2.97. The van der Waals surface area contributed by atoms with E-state index >= 15 is 0 Å². The highest BCUT2D eigenvalue weighted by molar-refractivity contribution is 9.10. The van der Waals surface area contributed by atoms with Crippen molar-refractivity contribution in [3.8, 4) is 0 Å². The van der Waals surface area contributed by atoms with Gasteiger partial charge in [0.25, 0.3) is 5.91 Å². The molecule has 4 nitrogen and oxygen atoms in total. The molecule has 3 aromatic rings. The summed E-state index contributed by atoms with van der Waals surface area (Å²) in [6.07, 6.45) is 3.43. The molecule has 0 atom stereocenters. The van der Waals surface area contributed by atoms with Crippen LogP contribution in [-0.4, -0.2) is 15.5 Å². The van der Waals surface area contributed by atoms with Gasteiger partial charge in [0.2, 0.25) is 0 Å². The number of aromatic nitrogens is 2. The Kier molecular flexibility index (Phi) is 4.10. The van der Waals surface area contributed by atoms with Crippen LogP contribution in [0.15, 0.2) is 46.9 Å². The van der Waals surface area contributed by atoms with Crippen molar-refractivity contribution < 1.29 is 4.79 Å². The number of fused-ring (bicyclic) bond motifs is 3. The van der Waals surface area contributed by atoms with E-state index in [9.17, 15) is 4.79 Å². The third-order valence-corrected chi connectivity index (χ3v) is 4.96. The fraction of sp³-hybridized carbons (Fsp3) is 0.263. The number of amides is 1. The molecule has 2 aromatic carbocycles. The first kappa shape index (κ1) is 15.4. The van der Waals surface area contributed by atoms with Gasteiger partial charge in [0.1, 0.15) is 5.82 Å². The second kappa shape index (κ2) is 6.40. The Bertz CT molecular complexity index is 916. The first-order valence-corrected chi connectivity index (χ1v) is 9.02. The van der Waals surface area contributed by atoms with E-state index in [0.29, 0.717) is 12.1 Å². The Morgan fingerprint density at radius 1 is 1.21 bits per heavy atom. The van der Waals surface area contributed by atoms with Crippen molar-refractivity contribution in [2.45, 2.75) is 32.4 Å². The van der Waals surface area contributed by atoms with Gasteiger partial charge in [0.15, 0.2) is 0 Å². The van der Waals surface area contributed by atoms with E-state index in [4.69, 9.17) is 4.98 Å². The van der Waals surface area contributed by atoms with E-state index in [0.717, 1.165) is 39.9 Å². The number of nitrogens with one attached hydrogen (secondary N) is 1. The third-order valence-electron chi connectivity index (χ3n) is 4.46. The van der Waals surface area contributed by atoms with Crippen molar-refractivity contribution in [3.63, 3.8) is 0 Å². The standard InChI is InChI=1S/C19H18BrN3O/c20-15-5-3-4-13(10-15)12-21-19(24)14-7-8-17-16(11-14)22-18-6-1-2-9-23(17)18/h3-5,7-8,10-11H,1-2,6,9,12H2,(H,21,24). The summed E-state index contributed by atoms with van der Waals surface area (Å²) in [7, 11) is 0. The predicted molar refractivity (Wildman–Crippen MR) is 98.0 cm³/mol. The quantitative estimate of drug-likeness (QED) is 0.740. The van der Waals surface area contributed by atoms with Crippen LogP contribution in [0.25, 0.3) is 11.0 Å². The predicted octanol–water partition coefficient (Wildman–Crippen LogP) is 4.07. The lowest BCUT2D eigenvalue weighted by molar-refractivity contribution is 0.0951. The van der Waals surface area contributed by atoms with E-state index in [1.165, 1.54) is 12.8 Å². The van der Waals surface area contributed by atoms with E-state index in [1.54, 1.807) is 0 Å². The highest BCUT2D eigenvalue weighted by Gasteiger charge is 2.16. The lowest BCUT2D eigenvalue weighted by Crippen LogP contribution is -2.22. The van der Waals surface area contributed by atoms with Crippen LogP contribution in [0, 0.1) is 0 Å². The lowest BCUT2D eigenvalue weighted by Gasteiger charge is -2.13. The summed E-state index contributed by atoms with van der Waals surface area (Å²) in [5, 5.41) is 2.97. The fourth-order valence-electron chi connectivity index (χ4n) is 3.25. The molecule has 1 amide bonds. The summed E-state index contributed by atoms with van der Waals surface area (Å²) in [6.45, 7) is 1.54. The topological polar surface area (TPSA) is 46.9 Å². The van der Waals surface area contributed by atoms with Crippen LogP contribution in [0.2, 0.25) is 0 Å². The normalized spacial score (nSPS) is 13.7. The highest BCUT2D eigenvalue weighted by Crippen LogP contribution is 2.23. The number of aryl methyl sites for hydroxylation is 2. The molecule has 0 bridgehead atoms. The van der Waals surface area contributed by atoms with Crippen LogP contribution in [0.5, 0.6) is 0 Å². The highest BCUT2D eigenvalue weighted by atomic mass is 79.9. The molecule has 0 unspecified atom stereocenters. The first-order valence-electron chi connectivity index (χ1n) is 8.22. The van der Waals surface area contributed by atoms with E-state index in [2.05, 4.69) is 25.8 Å². The molecule has 0 aliphatic carbocycles. The summed E-state index contributed by atoms with van der Waals surface area (Å²) < 4.78 is 3.29. The van der Waals surface area contributed by atoms with Crippen LogP contribution in [0.3, 0.4) is 0 Å². The van der Waals surface area contributed by atoms with Gasteiger partial charge in [-0.15, -0.1) is 0 Å². The molecule has 4 rings (SSSR count). The zero-order chi connectivity index (χ0) is 16.5. The monoisotopic (exact) mass is 383 g/mol. The average molecular weight is 384 g/mol. The number of carbonyl (C=O) groups is 1. The molecule has 2 heterocycles. The Balaban J connectivity index is 1.54. The zero-order valence-electron chi connectivity index (χ0n) is 13.3. The molecule has 0 fully saturated rings. The van der Waals surface area contributed by atoms with Gasteiger partial charge in [-0.1, -0.05) is 28.1 Å². The molecule has 1 aliphatic rings. The molecule has 1 aliphatic heterocycles. The van der Waals surface area contributed by atoms with Crippen LogP contribution in [-0.2, 0) is 19.5 Å². The Hall–Kier alpha value is -2.14. The fourth-order valence-corrected chi connectivity index (χ4v) is 3.69. The minimum atomic E-state index is -0.0668. The minimum absolute atomic E-state index is 0.0668. The molecule has 0 radical (unpaired) electrons. The summed E-state index contributed by atoms with van der Waals surface area (Å²) in [5.41, 5.74) is 3.78. The largest absolute Gasteiger partial charge is 0.348 e. The third kappa shape index (κ3) is 2.96. The maximum atomic E-state index is 12.4. The molecule has 24 heavy (non-hydrogen) atoms. The molecule has 1 aromatic heterocycles. The van der Waals surface area contributed by atoms with Gasteiger partial charge in [0, 0.05) is 29.5 Å². The van der Waals surface area contributed by atoms with Crippen molar-refractivity contribution in [1.29, 1.82) is 0 Å². The van der Waals surface area contributed by atoms with Crippen LogP contribution in [0.1, 0.15) is 34.6 Å². The van der Waals surface area contributed by atoms with Gasteiger partial charge in [0.05, 0.1) is 11.0 Å². The Morgan fingerprint density at radius 2 is 2.12 bits per heavy atom. The number of hydrogen-bond donors (Lipinski definition) is 1. The summed E-state index contributed by atoms with van der Waals surface area (Å²) in [6, 6.07) is 13.8. The van der Waals surface area contributed by atoms with Crippen molar-refractivity contribution in [1.82, 2.24) is 14.9 Å². The van der Waals surface area contributed by atoms with Crippen LogP contribution >= 0.6 is 15.9 Å². The van der Waals surface area contributed by atoms with Crippen LogP contribution < -0.4 is 5.32 Å². The molecule has 122 valence electrons. The van der Waals surface area contributed by atoms with Crippen molar-refractivity contribution in [2.24, 2.45) is 0 Å². The SMILES string of the molecule is O=C(NCc1cccc(Br)c1)c1ccc2c(c1)nc1n2CCCC1. The minimum Gasteiger partial charge on any atom is -0.348 e. The van der Waals surface area contributed by atoms with Gasteiger partial charge < -0.3 is 9.88 Å². The van der Waals surface area contributed by atoms with Crippen molar-refractivity contribution in [3.05, 3.63) is 63.9 Å². The van der Waals surface area contributed by atoms with E-state index in [1.807, 2.05) is 42.5 Å². The number of nitrogens with zero attached hydrogens (tertiary/aromatic N) is 2. The molecule has 0 saturated heterocycles. The van der Waals surface area contributed by atoms with E-state index in [-0.39, 0.29) is 5.91 Å².